The number of para-hydroxylation sites is 1. The lowest BCUT2D eigenvalue weighted by molar-refractivity contribution is 0.100. The van der Waals surface area contributed by atoms with Crippen LogP contribution in [0.2, 0.25) is 0 Å². The minimum atomic E-state index is -0.577. The highest BCUT2D eigenvalue weighted by atomic mass is 35.5. The van der Waals surface area contributed by atoms with E-state index in [4.69, 9.17) is 16.2 Å². The predicted octanol–water partition coefficient (Wildman–Crippen LogP) is 3.37. The number of hydrogen-bond acceptors (Lipinski definition) is 5. The largest absolute Gasteiger partial charge is 0.457 e. The molecule has 5 N–H and O–H groups in total. The van der Waals surface area contributed by atoms with Gasteiger partial charge in [0.05, 0.1) is 6.04 Å². The molecule has 1 fully saturated rings. The minimum Gasteiger partial charge on any atom is -0.457 e. The van der Waals surface area contributed by atoms with Crippen LogP contribution in [-0.4, -0.2) is 28.8 Å². The summed E-state index contributed by atoms with van der Waals surface area (Å²) in [5.74, 6) is 1.19. The number of ether oxygens (including phenoxy) is 1. The number of piperidine rings is 1. The van der Waals surface area contributed by atoms with Crippen molar-refractivity contribution in [1.82, 2.24) is 15.1 Å². The molecule has 7 nitrogen and oxygen atoms in total. The van der Waals surface area contributed by atoms with Crippen LogP contribution in [0.1, 0.15) is 29.2 Å². The predicted molar refractivity (Wildman–Crippen MR) is 115 cm³/mol. The third-order valence-corrected chi connectivity index (χ3v) is 4.92. The second-order valence-electron chi connectivity index (χ2n) is 6.86. The molecule has 1 aliphatic heterocycles. The molecule has 0 aliphatic carbocycles. The molecule has 0 radical (unpaired) electrons. The second-order valence-corrected chi connectivity index (χ2v) is 6.86. The highest BCUT2D eigenvalue weighted by Gasteiger charge is 2.26. The molecule has 152 valence electrons. The Hall–Kier alpha value is -3.03. The number of carbonyl (C=O) groups is 1. The van der Waals surface area contributed by atoms with E-state index in [-0.39, 0.29) is 24.0 Å². The number of benzene rings is 2. The lowest BCUT2D eigenvalue weighted by Crippen LogP contribution is -2.32. The molecular formula is C21H24ClN5O2. The van der Waals surface area contributed by atoms with Gasteiger partial charge in [-0.3, -0.25) is 4.79 Å². The van der Waals surface area contributed by atoms with Crippen molar-refractivity contribution in [3.63, 3.8) is 0 Å². The summed E-state index contributed by atoms with van der Waals surface area (Å²) < 4.78 is 7.55. The van der Waals surface area contributed by atoms with Gasteiger partial charge in [-0.2, -0.15) is 5.10 Å². The molecule has 1 unspecified atom stereocenters. The molecule has 1 atom stereocenters. The normalized spacial score (nSPS) is 16.1. The van der Waals surface area contributed by atoms with Crippen LogP contribution in [-0.2, 0) is 0 Å². The third kappa shape index (κ3) is 4.36. The molecule has 2 heterocycles. The number of carbonyl (C=O) groups excluding carboxylic acids is 1. The average molecular weight is 414 g/mol. The number of nitrogens with one attached hydrogen (secondary N) is 1. The zero-order valence-corrected chi connectivity index (χ0v) is 16.7. The number of nitrogen functional groups attached to an aromatic ring is 1. The first-order chi connectivity index (χ1) is 13.6. The van der Waals surface area contributed by atoms with Crippen molar-refractivity contribution in [3.8, 4) is 22.8 Å². The van der Waals surface area contributed by atoms with Crippen molar-refractivity contribution in [2.24, 2.45) is 5.73 Å². The number of halogens is 1. The van der Waals surface area contributed by atoms with Crippen LogP contribution >= 0.6 is 12.4 Å². The maximum Gasteiger partial charge on any atom is 0.254 e. The molecule has 1 saturated heterocycles. The van der Waals surface area contributed by atoms with Gasteiger partial charge in [0, 0.05) is 12.1 Å². The highest BCUT2D eigenvalue weighted by Crippen LogP contribution is 2.32. The molecule has 0 bridgehead atoms. The zero-order valence-electron chi connectivity index (χ0n) is 15.9. The van der Waals surface area contributed by atoms with Crippen LogP contribution in [0.4, 0.5) is 5.82 Å². The summed E-state index contributed by atoms with van der Waals surface area (Å²) in [7, 11) is 0. The van der Waals surface area contributed by atoms with Crippen molar-refractivity contribution in [2.75, 3.05) is 18.8 Å². The third-order valence-electron chi connectivity index (χ3n) is 4.92. The van der Waals surface area contributed by atoms with Gasteiger partial charge in [-0.15, -0.1) is 12.4 Å². The molecule has 1 aliphatic rings. The maximum atomic E-state index is 12.1. The van der Waals surface area contributed by atoms with E-state index in [2.05, 4.69) is 10.4 Å². The Morgan fingerprint density at radius 1 is 1.10 bits per heavy atom. The van der Waals surface area contributed by atoms with Crippen LogP contribution < -0.4 is 21.5 Å². The SMILES string of the molecule is Cl.NC(=O)c1c(-c2ccc(Oc3ccccc3)cc2)nn(C2CCCNC2)c1N. The molecule has 8 heteroatoms. The van der Waals surface area contributed by atoms with Gasteiger partial charge in [0.15, 0.2) is 0 Å². The van der Waals surface area contributed by atoms with Crippen LogP contribution in [0.3, 0.4) is 0 Å². The number of hydrogen-bond donors (Lipinski definition) is 3. The number of amides is 1. The van der Waals surface area contributed by atoms with Gasteiger partial charge in [0.1, 0.15) is 28.6 Å². The van der Waals surface area contributed by atoms with Gasteiger partial charge in [0.25, 0.3) is 5.91 Å². The van der Waals surface area contributed by atoms with Gasteiger partial charge in [0.2, 0.25) is 0 Å². The van der Waals surface area contributed by atoms with Crippen molar-refractivity contribution in [2.45, 2.75) is 18.9 Å². The van der Waals surface area contributed by atoms with E-state index in [0.717, 1.165) is 37.2 Å². The second kappa shape index (κ2) is 8.98. The molecule has 2 aromatic carbocycles. The molecule has 0 spiro atoms. The monoisotopic (exact) mass is 413 g/mol. The van der Waals surface area contributed by atoms with Crippen LogP contribution in [0.25, 0.3) is 11.3 Å². The minimum absolute atomic E-state index is 0. The number of primary amides is 1. The van der Waals surface area contributed by atoms with Crippen molar-refractivity contribution in [1.29, 1.82) is 0 Å². The molecule has 1 amide bonds. The van der Waals surface area contributed by atoms with E-state index in [1.807, 2.05) is 54.6 Å². The number of nitrogens with two attached hydrogens (primary N) is 2. The first kappa shape index (κ1) is 20.7. The Bertz CT molecular complexity index is 967. The quantitative estimate of drug-likeness (QED) is 0.594. The van der Waals surface area contributed by atoms with Crippen molar-refractivity contribution < 1.29 is 9.53 Å². The highest BCUT2D eigenvalue weighted by molar-refractivity contribution is 6.03. The Morgan fingerprint density at radius 2 is 1.79 bits per heavy atom. The topological polar surface area (TPSA) is 108 Å². The fraction of sp³-hybridized carbons (Fsp3) is 0.238. The van der Waals surface area contributed by atoms with Crippen LogP contribution in [0.5, 0.6) is 11.5 Å². The molecule has 3 aromatic rings. The summed E-state index contributed by atoms with van der Waals surface area (Å²) in [6.07, 6.45) is 2.00. The van der Waals surface area contributed by atoms with Gasteiger partial charge in [-0.05, 0) is 55.8 Å². The smallest absolute Gasteiger partial charge is 0.254 e. The number of anilines is 1. The summed E-state index contributed by atoms with van der Waals surface area (Å²) in [4.78, 5) is 12.1. The van der Waals surface area contributed by atoms with Crippen LogP contribution in [0.15, 0.2) is 54.6 Å². The summed E-state index contributed by atoms with van der Waals surface area (Å²) >= 11 is 0. The Kier molecular flexibility index (Phi) is 6.41. The fourth-order valence-corrected chi connectivity index (χ4v) is 3.52. The van der Waals surface area contributed by atoms with Crippen molar-refractivity contribution >= 4 is 24.1 Å². The lowest BCUT2D eigenvalue weighted by Gasteiger charge is -2.23. The summed E-state index contributed by atoms with van der Waals surface area (Å²) in [6, 6.07) is 17.0. The first-order valence-corrected chi connectivity index (χ1v) is 9.35. The summed E-state index contributed by atoms with van der Waals surface area (Å²) in [5.41, 5.74) is 13.4. The Labute approximate surface area is 175 Å². The number of rotatable bonds is 5. The van der Waals surface area contributed by atoms with E-state index in [1.54, 1.807) is 4.68 Å². The average Bonchev–Trinajstić information content (AvgIpc) is 3.07. The summed E-state index contributed by atoms with van der Waals surface area (Å²) in [6.45, 7) is 1.75. The lowest BCUT2D eigenvalue weighted by atomic mass is 10.1. The number of nitrogens with zero attached hydrogens (tertiary/aromatic N) is 2. The van der Waals surface area contributed by atoms with E-state index >= 15 is 0 Å². The number of aromatic nitrogens is 2. The molecule has 1 aromatic heterocycles. The van der Waals surface area contributed by atoms with E-state index in [0.29, 0.717) is 17.3 Å². The Morgan fingerprint density at radius 3 is 2.41 bits per heavy atom. The molecule has 4 rings (SSSR count). The van der Waals surface area contributed by atoms with E-state index in [1.165, 1.54) is 0 Å². The summed E-state index contributed by atoms with van der Waals surface area (Å²) in [5, 5.41) is 7.99. The van der Waals surface area contributed by atoms with Gasteiger partial charge in [-0.25, -0.2) is 4.68 Å². The molecular weight excluding hydrogens is 390 g/mol. The fourth-order valence-electron chi connectivity index (χ4n) is 3.52. The van der Waals surface area contributed by atoms with E-state index in [9.17, 15) is 4.79 Å². The standard InChI is InChI=1S/C21H23N5O2.ClH/c22-20-18(21(23)27)19(25-26(20)15-5-4-12-24-13-15)14-8-10-17(11-9-14)28-16-6-2-1-3-7-16;/h1-3,6-11,15,24H,4-5,12-13,22H2,(H2,23,27);1H. The Balaban J connectivity index is 0.00000240. The van der Waals surface area contributed by atoms with Gasteiger partial charge < -0.3 is 21.5 Å². The first-order valence-electron chi connectivity index (χ1n) is 9.35. The van der Waals surface area contributed by atoms with Crippen molar-refractivity contribution in [3.05, 3.63) is 60.2 Å². The van der Waals surface area contributed by atoms with Crippen LogP contribution in [0, 0.1) is 0 Å². The van der Waals surface area contributed by atoms with E-state index < -0.39 is 5.91 Å². The molecule has 0 saturated carbocycles. The van der Waals surface area contributed by atoms with Gasteiger partial charge >= 0.3 is 0 Å². The zero-order chi connectivity index (χ0) is 19.5. The van der Waals surface area contributed by atoms with Gasteiger partial charge in [-0.1, -0.05) is 18.2 Å². The molecule has 29 heavy (non-hydrogen) atoms. The maximum absolute atomic E-state index is 12.1.